The van der Waals surface area contributed by atoms with Gasteiger partial charge in [-0.2, -0.15) is 0 Å². The lowest BCUT2D eigenvalue weighted by molar-refractivity contribution is -0.145. The molecule has 8 nitrogen and oxygen atoms in total. The second-order valence-corrected chi connectivity index (χ2v) is 8.03. The highest BCUT2D eigenvalue weighted by Crippen LogP contribution is 2.21. The molecule has 0 aromatic heterocycles. The third-order valence-corrected chi connectivity index (χ3v) is 5.09. The molecule has 0 aliphatic carbocycles. The Morgan fingerprint density at radius 3 is 2.25 bits per heavy atom. The molecule has 0 radical (unpaired) electrons. The quantitative estimate of drug-likeness (QED) is 0.340. The number of urea groups is 1. The third-order valence-electron chi connectivity index (χ3n) is 5.09. The summed E-state index contributed by atoms with van der Waals surface area (Å²) in [5.41, 5.74) is 1.58. The molecule has 190 valence electrons. The van der Waals surface area contributed by atoms with E-state index in [0.29, 0.717) is 17.6 Å². The lowest BCUT2D eigenvalue weighted by atomic mass is 10.1. The normalized spacial score (nSPS) is 11.3. The van der Waals surface area contributed by atoms with E-state index < -0.39 is 29.7 Å². The van der Waals surface area contributed by atoms with Crippen molar-refractivity contribution in [3.8, 4) is 11.5 Å². The monoisotopic (exact) mass is 499 g/mol. The molecule has 3 aromatic rings. The van der Waals surface area contributed by atoms with E-state index in [1.807, 2.05) is 31.1 Å². The summed E-state index contributed by atoms with van der Waals surface area (Å²) in [7, 11) is 3.82. The number of amides is 2. The van der Waals surface area contributed by atoms with Gasteiger partial charge in [-0.3, -0.25) is 0 Å². The number of ether oxygens (including phenoxy) is 2. The highest BCUT2D eigenvalue weighted by Gasteiger charge is 2.20. The number of carboxylic acid groups (broad SMARTS) is 1. The summed E-state index contributed by atoms with van der Waals surface area (Å²) < 4.78 is 37.7. The van der Waals surface area contributed by atoms with Gasteiger partial charge in [0.05, 0.1) is 12.2 Å². The van der Waals surface area contributed by atoms with Crippen molar-refractivity contribution < 1.29 is 33.0 Å². The maximum atomic E-state index is 13.6. The molecule has 2 amide bonds. The summed E-state index contributed by atoms with van der Waals surface area (Å²) in [4.78, 5) is 25.5. The molecule has 0 saturated carbocycles. The van der Waals surface area contributed by atoms with Crippen LogP contribution >= 0.6 is 0 Å². The van der Waals surface area contributed by atoms with Crippen LogP contribution in [0.1, 0.15) is 5.56 Å². The van der Waals surface area contributed by atoms with Crippen molar-refractivity contribution in [3.05, 3.63) is 83.9 Å². The minimum absolute atomic E-state index is 0.137. The average molecular weight is 500 g/mol. The van der Waals surface area contributed by atoms with Crippen LogP contribution in [0.15, 0.2) is 66.7 Å². The van der Waals surface area contributed by atoms with Gasteiger partial charge in [-0.1, -0.05) is 12.1 Å². The molecular formula is C26H27F2N3O5. The number of carbonyl (C=O) groups is 2. The molecule has 3 N–H and O–H groups in total. The molecule has 0 heterocycles. The highest BCUT2D eigenvalue weighted by molar-refractivity contribution is 5.89. The maximum absolute atomic E-state index is 13.6. The Bertz CT molecular complexity index is 1170. The number of rotatable bonds is 11. The van der Waals surface area contributed by atoms with E-state index in [2.05, 4.69) is 10.6 Å². The molecule has 3 rings (SSSR count). The number of nitrogens with one attached hydrogen (secondary N) is 2. The number of anilines is 2. The molecule has 1 atom stereocenters. The van der Waals surface area contributed by atoms with Crippen molar-refractivity contribution in [2.45, 2.75) is 12.5 Å². The number of hydrogen-bond acceptors (Lipinski definition) is 5. The third kappa shape index (κ3) is 7.86. The number of benzene rings is 3. The van der Waals surface area contributed by atoms with Crippen LogP contribution in [0.2, 0.25) is 0 Å². The molecule has 3 aromatic carbocycles. The van der Waals surface area contributed by atoms with Crippen LogP contribution in [0, 0.1) is 11.6 Å². The number of carbonyl (C=O) groups excluding carboxylic acids is 1. The molecule has 0 bridgehead atoms. The maximum Gasteiger partial charge on any atom is 0.345 e. The zero-order valence-electron chi connectivity index (χ0n) is 19.8. The summed E-state index contributed by atoms with van der Waals surface area (Å²) >= 11 is 0. The summed E-state index contributed by atoms with van der Waals surface area (Å²) in [6, 6.07) is 16.2. The van der Waals surface area contributed by atoms with Gasteiger partial charge in [0.1, 0.15) is 29.7 Å². The smallest absolute Gasteiger partial charge is 0.345 e. The summed E-state index contributed by atoms with van der Waals surface area (Å²) in [6.45, 7) is 0.278. The zero-order valence-corrected chi connectivity index (χ0v) is 19.8. The minimum Gasteiger partial charge on any atom is -0.492 e. The Balaban J connectivity index is 1.44. The number of nitrogens with zero attached hydrogens (tertiary/aromatic N) is 1. The minimum atomic E-state index is -1.07. The Morgan fingerprint density at radius 2 is 1.64 bits per heavy atom. The Morgan fingerprint density at radius 1 is 0.972 bits per heavy atom. The lowest BCUT2D eigenvalue weighted by Crippen LogP contribution is -2.32. The van der Waals surface area contributed by atoms with Gasteiger partial charge in [-0.25, -0.2) is 18.4 Å². The van der Waals surface area contributed by atoms with Gasteiger partial charge < -0.3 is 30.1 Å². The average Bonchev–Trinajstić information content (AvgIpc) is 2.84. The van der Waals surface area contributed by atoms with E-state index in [-0.39, 0.29) is 25.3 Å². The molecule has 10 heteroatoms. The topological polar surface area (TPSA) is 100 Å². The fourth-order valence-corrected chi connectivity index (χ4v) is 3.19. The Kier molecular flexibility index (Phi) is 9.04. The second-order valence-electron chi connectivity index (χ2n) is 8.03. The van der Waals surface area contributed by atoms with Crippen LogP contribution in [0.4, 0.5) is 25.0 Å². The van der Waals surface area contributed by atoms with E-state index in [0.717, 1.165) is 23.4 Å². The number of halogens is 2. The van der Waals surface area contributed by atoms with Crippen LogP contribution in [-0.4, -0.2) is 50.5 Å². The largest absolute Gasteiger partial charge is 0.492 e. The van der Waals surface area contributed by atoms with Gasteiger partial charge in [0.25, 0.3) is 0 Å². The van der Waals surface area contributed by atoms with Crippen LogP contribution in [0.5, 0.6) is 11.5 Å². The molecule has 0 aliphatic heterocycles. The van der Waals surface area contributed by atoms with Gasteiger partial charge in [-0.15, -0.1) is 0 Å². The van der Waals surface area contributed by atoms with Crippen LogP contribution in [-0.2, 0) is 11.2 Å². The first kappa shape index (κ1) is 26.3. The summed E-state index contributed by atoms with van der Waals surface area (Å²) in [6.07, 6.45) is -0.900. The van der Waals surface area contributed by atoms with E-state index in [1.54, 1.807) is 36.4 Å². The molecule has 0 spiro atoms. The van der Waals surface area contributed by atoms with E-state index >= 15 is 0 Å². The van der Waals surface area contributed by atoms with Gasteiger partial charge >= 0.3 is 12.0 Å². The molecule has 1 unspecified atom stereocenters. The molecule has 0 fully saturated rings. The SMILES string of the molecule is CN(C)c1ccc(OC(Cc2ccc(OCCNC(=O)Nc3ccc(F)cc3F)cc2)C(=O)O)cc1. The first-order chi connectivity index (χ1) is 17.2. The molecular weight excluding hydrogens is 472 g/mol. The van der Waals surface area contributed by atoms with E-state index in [9.17, 15) is 23.5 Å². The Hall–Kier alpha value is -4.34. The number of aliphatic carboxylic acids is 1. The predicted molar refractivity (Wildman–Crippen MR) is 132 cm³/mol. The molecule has 0 saturated heterocycles. The van der Waals surface area contributed by atoms with E-state index in [4.69, 9.17) is 9.47 Å². The number of carboxylic acids is 1. The molecule has 0 aliphatic rings. The highest BCUT2D eigenvalue weighted by atomic mass is 19.1. The fraction of sp³-hybridized carbons (Fsp3) is 0.231. The first-order valence-corrected chi connectivity index (χ1v) is 11.1. The summed E-state index contributed by atoms with van der Waals surface area (Å²) in [5.74, 6) is -1.70. The Labute approximate surface area is 207 Å². The first-order valence-electron chi connectivity index (χ1n) is 11.1. The standard InChI is InChI=1S/C26H27F2N3O5/c1-31(2)19-6-10-21(11-7-19)36-24(25(32)33)15-17-3-8-20(9-4-17)35-14-13-29-26(34)30-23-12-5-18(27)16-22(23)28/h3-12,16,24H,13-15H2,1-2H3,(H,32,33)(H2,29,30,34). The zero-order chi connectivity index (χ0) is 26.1. The van der Waals surface area contributed by atoms with Crippen molar-refractivity contribution >= 4 is 23.4 Å². The van der Waals surface area contributed by atoms with Crippen molar-refractivity contribution in [2.24, 2.45) is 0 Å². The predicted octanol–water partition coefficient (Wildman–Crippen LogP) is 4.31. The van der Waals surface area contributed by atoms with Crippen molar-refractivity contribution in [2.75, 3.05) is 37.5 Å². The summed E-state index contributed by atoms with van der Waals surface area (Å²) in [5, 5.41) is 14.4. The fourth-order valence-electron chi connectivity index (χ4n) is 3.19. The van der Waals surface area contributed by atoms with Gasteiger partial charge in [0.15, 0.2) is 6.10 Å². The van der Waals surface area contributed by atoms with Gasteiger partial charge in [0, 0.05) is 32.3 Å². The van der Waals surface area contributed by atoms with Gasteiger partial charge in [0.2, 0.25) is 0 Å². The van der Waals surface area contributed by atoms with Crippen molar-refractivity contribution in [3.63, 3.8) is 0 Å². The number of hydrogen-bond donors (Lipinski definition) is 3. The van der Waals surface area contributed by atoms with Crippen molar-refractivity contribution in [1.82, 2.24) is 5.32 Å². The van der Waals surface area contributed by atoms with Gasteiger partial charge in [-0.05, 0) is 54.1 Å². The van der Waals surface area contributed by atoms with Crippen molar-refractivity contribution in [1.29, 1.82) is 0 Å². The van der Waals surface area contributed by atoms with E-state index in [1.165, 1.54) is 0 Å². The van der Waals surface area contributed by atoms with Crippen LogP contribution in [0.25, 0.3) is 0 Å². The second kappa shape index (κ2) is 12.4. The molecule has 36 heavy (non-hydrogen) atoms. The van der Waals surface area contributed by atoms with Crippen LogP contribution < -0.4 is 25.0 Å². The van der Waals surface area contributed by atoms with Crippen LogP contribution in [0.3, 0.4) is 0 Å². The lowest BCUT2D eigenvalue weighted by Gasteiger charge is -2.17.